The average molecular weight is 874 g/mol. The zero-order valence-electron chi connectivity index (χ0n) is 33.4. The quantitative estimate of drug-likeness (QED) is 0.0507. The van der Waals surface area contributed by atoms with Gasteiger partial charge in [0.2, 0.25) is 35.4 Å². The number of nitrogens with zero attached hydrogens (tertiary/aromatic N) is 1. The van der Waals surface area contributed by atoms with Gasteiger partial charge in [0.15, 0.2) is 23.3 Å². The van der Waals surface area contributed by atoms with Gasteiger partial charge in [0.25, 0.3) is 0 Å². The van der Waals surface area contributed by atoms with Crippen LogP contribution >= 0.6 is 11.6 Å². The highest BCUT2D eigenvalue weighted by molar-refractivity contribution is 6.27. The number of hydrogen-bond acceptors (Lipinski definition) is 7. The molecule has 0 saturated carbocycles. The summed E-state index contributed by atoms with van der Waals surface area (Å²) in [5.74, 6) is -16.7. The van der Waals surface area contributed by atoms with Gasteiger partial charge in [-0.15, -0.1) is 11.6 Å². The first-order chi connectivity index (χ1) is 29.1. The number of nitrogens with one attached hydrogen (secondary N) is 4. The van der Waals surface area contributed by atoms with Crippen molar-refractivity contribution in [1.29, 1.82) is 0 Å². The second-order valence-corrected chi connectivity index (χ2v) is 15.1. The van der Waals surface area contributed by atoms with Crippen molar-refractivity contribution in [1.82, 2.24) is 26.2 Å². The number of rotatable bonds is 17. The van der Waals surface area contributed by atoms with Crippen molar-refractivity contribution in [2.75, 3.05) is 19.5 Å². The fourth-order valence-electron chi connectivity index (χ4n) is 7.30. The SMILES string of the molecule is COC(=O)CC[C@H](NC(=O)CCl)C(=O)N1CCCC[C@H]1C(=O)N[C@@H](CC1=CCc2ccccc21)C(=O)N[C@@H](Cc1c(F)c(F)c(F)c(F)c1F)C(=O)NCc1ccc(C)cc1. The number of hydrogen-bond donors (Lipinski definition) is 4. The standard InChI is InChI=1S/C43H45ClF5N5O7/c1-23-10-12-24(13-11-23)22-50-40(57)31(20-28-35(45)37(47)39(49)38(48)36(28)46)52-41(58)30(19-26-15-14-25-7-3-4-8-27(25)26)53-42(59)32-9-5-6-18-54(32)43(60)29(51-33(55)21-44)16-17-34(56)61-2/h3-4,7-8,10-13,15,29-32H,5-6,9,14,16-22H2,1-2H3,(H,50,57)(H,51,55)(H,52,58)(H,53,59)/t29-,30-,31-,32-/m0/s1. The Bertz CT molecular complexity index is 2160. The van der Waals surface area contributed by atoms with Crippen molar-refractivity contribution < 1.29 is 55.5 Å². The molecule has 5 amide bonds. The molecule has 18 heteroatoms. The molecule has 0 unspecified atom stereocenters. The smallest absolute Gasteiger partial charge is 0.305 e. The third-order valence-corrected chi connectivity index (χ3v) is 10.9. The van der Waals surface area contributed by atoms with Crippen LogP contribution in [0.4, 0.5) is 22.0 Å². The van der Waals surface area contributed by atoms with Gasteiger partial charge in [0.1, 0.15) is 30.0 Å². The predicted octanol–water partition coefficient (Wildman–Crippen LogP) is 4.61. The van der Waals surface area contributed by atoms with Crippen LogP contribution < -0.4 is 21.3 Å². The molecule has 2 aliphatic rings. The van der Waals surface area contributed by atoms with Crippen LogP contribution in [0.2, 0.25) is 0 Å². The summed E-state index contributed by atoms with van der Waals surface area (Å²) in [6, 6.07) is 8.29. The van der Waals surface area contributed by atoms with Crippen molar-refractivity contribution >= 4 is 52.7 Å². The number of esters is 1. The number of carbonyl (C=O) groups excluding carboxylic acids is 6. The molecule has 1 saturated heterocycles. The lowest BCUT2D eigenvalue weighted by molar-refractivity contribution is -0.146. The first kappa shape index (κ1) is 46.2. The monoisotopic (exact) mass is 873 g/mol. The summed E-state index contributed by atoms with van der Waals surface area (Å²) in [5.41, 5.74) is 2.47. The molecule has 3 aromatic carbocycles. The van der Waals surface area contributed by atoms with Gasteiger partial charge in [-0.05, 0) is 61.3 Å². The Balaban J connectivity index is 1.46. The van der Waals surface area contributed by atoms with Crippen LogP contribution in [0.5, 0.6) is 0 Å². The summed E-state index contributed by atoms with van der Waals surface area (Å²) in [7, 11) is 1.16. The van der Waals surface area contributed by atoms with E-state index in [1.165, 1.54) is 4.90 Å². The molecule has 4 N–H and O–H groups in total. The number of carbonyl (C=O) groups is 6. The van der Waals surface area contributed by atoms with Crippen LogP contribution in [0.25, 0.3) is 5.57 Å². The predicted molar refractivity (Wildman–Crippen MR) is 213 cm³/mol. The number of alkyl halides is 1. The van der Waals surface area contributed by atoms with E-state index in [1.807, 2.05) is 25.1 Å². The molecule has 5 rings (SSSR count). The van der Waals surface area contributed by atoms with Gasteiger partial charge in [0.05, 0.1) is 7.11 Å². The summed E-state index contributed by atoms with van der Waals surface area (Å²) in [6.07, 6.45) is 1.66. The van der Waals surface area contributed by atoms with E-state index in [4.69, 9.17) is 11.6 Å². The fourth-order valence-corrected chi connectivity index (χ4v) is 7.38. The van der Waals surface area contributed by atoms with Crippen molar-refractivity contribution in [2.45, 2.75) is 89.0 Å². The molecule has 0 radical (unpaired) electrons. The van der Waals surface area contributed by atoms with Gasteiger partial charge in [-0.2, -0.15) is 0 Å². The van der Waals surface area contributed by atoms with E-state index in [-0.39, 0.29) is 38.8 Å². The Morgan fingerprint density at radius 1 is 0.803 bits per heavy atom. The molecule has 4 atom stereocenters. The van der Waals surface area contributed by atoms with E-state index in [2.05, 4.69) is 26.0 Å². The maximum Gasteiger partial charge on any atom is 0.305 e. The molecule has 1 heterocycles. The number of halogens is 6. The lowest BCUT2D eigenvalue weighted by Gasteiger charge is -2.37. The summed E-state index contributed by atoms with van der Waals surface area (Å²) in [4.78, 5) is 81.8. The number of methoxy groups -OCH3 is 1. The lowest BCUT2D eigenvalue weighted by Crippen LogP contribution is -2.60. The summed E-state index contributed by atoms with van der Waals surface area (Å²) in [5, 5.41) is 10.1. The van der Waals surface area contributed by atoms with Crippen LogP contribution in [0.3, 0.4) is 0 Å². The zero-order chi connectivity index (χ0) is 44.4. The Morgan fingerprint density at radius 3 is 2.13 bits per heavy atom. The van der Waals surface area contributed by atoms with E-state index in [0.717, 1.165) is 23.8 Å². The molecule has 3 aromatic rings. The second-order valence-electron chi connectivity index (χ2n) is 14.8. The van der Waals surface area contributed by atoms with E-state index in [1.54, 1.807) is 36.4 Å². The minimum atomic E-state index is -2.40. The van der Waals surface area contributed by atoms with Crippen LogP contribution in [0, 0.1) is 36.0 Å². The maximum absolute atomic E-state index is 15.0. The molecule has 1 fully saturated rings. The number of amides is 5. The highest BCUT2D eigenvalue weighted by atomic mass is 35.5. The highest BCUT2D eigenvalue weighted by Crippen LogP contribution is 2.31. The number of ether oxygens (including phenoxy) is 1. The number of allylic oxidation sites excluding steroid dienone is 1. The molecule has 0 bridgehead atoms. The largest absolute Gasteiger partial charge is 0.469 e. The van der Waals surface area contributed by atoms with Gasteiger partial charge >= 0.3 is 5.97 Å². The second kappa shape index (κ2) is 21.1. The Morgan fingerprint density at radius 2 is 1.46 bits per heavy atom. The van der Waals surface area contributed by atoms with Crippen LogP contribution in [0.15, 0.2) is 54.6 Å². The molecule has 0 aromatic heterocycles. The summed E-state index contributed by atoms with van der Waals surface area (Å²) >= 11 is 5.69. The molecular weight excluding hydrogens is 829 g/mol. The summed E-state index contributed by atoms with van der Waals surface area (Å²) < 4.78 is 77.5. The minimum absolute atomic E-state index is 0.0723. The number of fused-ring (bicyclic) bond motifs is 1. The molecule has 1 aliphatic heterocycles. The number of benzene rings is 3. The van der Waals surface area contributed by atoms with Gasteiger partial charge in [-0.3, -0.25) is 28.8 Å². The molecule has 1 aliphatic carbocycles. The summed E-state index contributed by atoms with van der Waals surface area (Å²) in [6.45, 7) is 1.77. The molecular formula is C43H45ClF5N5O7. The van der Waals surface area contributed by atoms with E-state index in [0.29, 0.717) is 30.4 Å². The Kier molecular flexibility index (Phi) is 16.0. The topological polar surface area (TPSA) is 163 Å². The van der Waals surface area contributed by atoms with Crippen LogP contribution in [-0.2, 0) is 52.9 Å². The van der Waals surface area contributed by atoms with Crippen molar-refractivity contribution in [2.24, 2.45) is 0 Å². The Hall–Kier alpha value is -5.84. The number of likely N-dealkylation sites (tertiary alicyclic amines) is 1. The third kappa shape index (κ3) is 11.5. The fraction of sp³-hybridized carbons (Fsp3) is 0.395. The maximum atomic E-state index is 15.0. The van der Waals surface area contributed by atoms with E-state index in [9.17, 15) is 41.9 Å². The zero-order valence-corrected chi connectivity index (χ0v) is 34.1. The third-order valence-electron chi connectivity index (χ3n) is 10.6. The van der Waals surface area contributed by atoms with Gasteiger partial charge < -0.3 is 30.9 Å². The first-order valence-corrected chi connectivity index (χ1v) is 20.1. The van der Waals surface area contributed by atoms with Crippen LogP contribution in [0.1, 0.15) is 66.3 Å². The van der Waals surface area contributed by atoms with Gasteiger partial charge in [-0.1, -0.05) is 60.2 Å². The lowest BCUT2D eigenvalue weighted by atomic mass is 9.96. The van der Waals surface area contributed by atoms with E-state index < -0.39 is 107 Å². The molecule has 0 spiro atoms. The van der Waals surface area contributed by atoms with Crippen molar-refractivity contribution in [3.8, 4) is 0 Å². The van der Waals surface area contributed by atoms with Gasteiger partial charge in [-0.25, -0.2) is 22.0 Å². The van der Waals surface area contributed by atoms with E-state index >= 15 is 8.78 Å². The minimum Gasteiger partial charge on any atom is -0.469 e. The number of aryl methyl sites for hydroxylation is 1. The average Bonchev–Trinajstić information content (AvgIpc) is 3.68. The number of piperidine rings is 1. The van der Waals surface area contributed by atoms with Crippen molar-refractivity contribution in [3.63, 3.8) is 0 Å². The highest BCUT2D eigenvalue weighted by Gasteiger charge is 2.39. The molecule has 61 heavy (non-hydrogen) atoms. The normalized spacial score (nSPS) is 16.0. The Labute approximate surface area is 353 Å². The van der Waals surface area contributed by atoms with Crippen LogP contribution in [-0.4, -0.2) is 84.1 Å². The molecule has 326 valence electrons. The van der Waals surface area contributed by atoms with Crippen molar-refractivity contribution in [3.05, 3.63) is 112 Å². The van der Waals surface area contributed by atoms with Gasteiger partial charge in [0, 0.05) is 37.9 Å². The molecule has 12 nitrogen and oxygen atoms in total. The first-order valence-electron chi connectivity index (χ1n) is 19.6.